The molecule has 3 heterocycles. The summed E-state index contributed by atoms with van der Waals surface area (Å²) in [7, 11) is 0. The van der Waals surface area contributed by atoms with Crippen LogP contribution < -0.4 is 20.3 Å². The van der Waals surface area contributed by atoms with Gasteiger partial charge in [-0.15, -0.1) is 0 Å². The molecule has 26 heavy (non-hydrogen) atoms. The summed E-state index contributed by atoms with van der Waals surface area (Å²) in [6.45, 7) is 3.29. The number of benzene rings is 1. The SMILES string of the molecule is Cc1cc(NCc2cccnc2)cc(=O)n1Cc1ccc2c(c1)OCO2. The Balaban J connectivity index is 1.51. The normalized spacial score (nSPS) is 12.2. The summed E-state index contributed by atoms with van der Waals surface area (Å²) in [6, 6.07) is 13.2. The third kappa shape index (κ3) is 3.39. The van der Waals surface area contributed by atoms with Crippen LogP contribution in [0.5, 0.6) is 11.5 Å². The maximum absolute atomic E-state index is 12.6. The van der Waals surface area contributed by atoms with Crippen LogP contribution in [-0.4, -0.2) is 16.3 Å². The highest BCUT2D eigenvalue weighted by molar-refractivity contribution is 5.46. The van der Waals surface area contributed by atoms with Crippen LogP contribution in [0.25, 0.3) is 0 Å². The van der Waals surface area contributed by atoms with Gasteiger partial charge in [-0.2, -0.15) is 0 Å². The highest BCUT2D eigenvalue weighted by Gasteiger charge is 2.14. The van der Waals surface area contributed by atoms with Crippen molar-refractivity contribution in [3.8, 4) is 11.5 Å². The Morgan fingerprint density at radius 2 is 2.00 bits per heavy atom. The quantitative estimate of drug-likeness (QED) is 0.767. The molecule has 1 aliphatic heterocycles. The number of nitrogens with one attached hydrogen (secondary N) is 1. The topological polar surface area (TPSA) is 65.4 Å². The van der Waals surface area contributed by atoms with Crippen molar-refractivity contribution in [2.24, 2.45) is 0 Å². The maximum Gasteiger partial charge on any atom is 0.253 e. The van der Waals surface area contributed by atoms with Crippen molar-refractivity contribution >= 4 is 5.69 Å². The van der Waals surface area contributed by atoms with E-state index in [2.05, 4.69) is 10.3 Å². The lowest BCUT2D eigenvalue weighted by Crippen LogP contribution is -2.22. The summed E-state index contributed by atoms with van der Waals surface area (Å²) in [5.41, 5.74) is 3.71. The first kappa shape index (κ1) is 16.2. The summed E-state index contributed by atoms with van der Waals surface area (Å²) in [4.78, 5) is 16.7. The first-order valence-corrected chi connectivity index (χ1v) is 8.42. The largest absolute Gasteiger partial charge is 0.454 e. The van der Waals surface area contributed by atoms with E-state index in [1.807, 2.05) is 43.3 Å². The third-order valence-corrected chi connectivity index (χ3v) is 4.33. The molecule has 0 spiro atoms. The molecule has 0 saturated heterocycles. The Kier molecular flexibility index (Phi) is 4.31. The fourth-order valence-electron chi connectivity index (χ4n) is 2.96. The fraction of sp³-hybridized carbons (Fsp3) is 0.200. The van der Waals surface area contributed by atoms with Crippen molar-refractivity contribution in [3.63, 3.8) is 0 Å². The van der Waals surface area contributed by atoms with Gasteiger partial charge in [-0.05, 0) is 42.3 Å². The average Bonchev–Trinajstić information content (AvgIpc) is 3.12. The van der Waals surface area contributed by atoms with Gasteiger partial charge in [-0.3, -0.25) is 9.78 Å². The Morgan fingerprint density at radius 3 is 2.81 bits per heavy atom. The molecule has 0 aliphatic carbocycles. The zero-order valence-electron chi connectivity index (χ0n) is 14.4. The molecule has 0 amide bonds. The van der Waals surface area contributed by atoms with Gasteiger partial charge < -0.3 is 19.4 Å². The minimum atomic E-state index is -0.0450. The predicted molar refractivity (Wildman–Crippen MR) is 98.7 cm³/mol. The Bertz CT molecular complexity index is 983. The number of pyridine rings is 2. The molecule has 0 unspecified atom stereocenters. The second-order valence-electron chi connectivity index (χ2n) is 6.21. The number of rotatable bonds is 5. The second-order valence-corrected chi connectivity index (χ2v) is 6.21. The Hall–Kier alpha value is -3.28. The summed E-state index contributed by atoms with van der Waals surface area (Å²) < 4.78 is 12.5. The van der Waals surface area contributed by atoms with Gasteiger partial charge in [0.05, 0.1) is 6.54 Å². The number of ether oxygens (including phenoxy) is 2. The summed E-state index contributed by atoms with van der Waals surface area (Å²) >= 11 is 0. The number of aromatic nitrogens is 2. The number of fused-ring (bicyclic) bond motifs is 1. The molecule has 1 N–H and O–H groups in total. The van der Waals surface area contributed by atoms with Crippen molar-refractivity contribution < 1.29 is 9.47 Å². The van der Waals surface area contributed by atoms with E-state index in [0.717, 1.165) is 34.0 Å². The first-order valence-electron chi connectivity index (χ1n) is 8.42. The molecule has 0 saturated carbocycles. The Labute approximate surface area is 151 Å². The number of anilines is 1. The van der Waals surface area contributed by atoms with Gasteiger partial charge in [0.15, 0.2) is 11.5 Å². The smallest absolute Gasteiger partial charge is 0.253 e. The molecule has 0 fully saturated rings. The predicted octanol–water partition coefficient (Wildman–Crippen LogP) is 2.94. The molecule has 3 aromatic rings. The average molecular weight is 349 g/mol. The highest BCUT2D eigenvalue weighted by atomic mass is 16.7. The monoisotopic (exact) mass is 349 g/mol. The molecule has 4 rings (SSSR count). The molecule has 0 radical (unpaired) electrons. The van der Waals surface area contributed by atoms with E-state index in [0.29, 0.717) is 13.1 Å². The molecule has 1 aromatic carbocycles. The summed E-state index contributed by atoms with van der Waals surface area (Å²) in [5.74, 6) is 1.47. The molecule has 6 heteroatoms. The first-order chi connectivity index (χ1) is 12.7. The van der Waals surface area contributed by atoms with Crippen LogP contribution >= 0.6 is 0 Å². The third-order valence-electron chi connectivity index (χ3n) is 4.33. The number of hydrogen-bond acceptors (Lipinski definition) is 5. The van der Waals surface area contributed by atoms with Gasteiger partial charge >= 0.3 is 0 Å². The lowest BCUT2D eigenvalue weighted by atomic mass is 10.2. The van der Waals surface area contributed by atoms with E-state index in [1.165, 1.54) is 0 Å². The minimum Gasteiger partial charge on any atom is -0.454 e. The van der Waals surface area contributed by atoms with Gasteiger partial charge in [-0.25, -0.2) is 0 Å². The van der Waals surface area contributed by atoms with E-state index in [1.54, 1.807) is 23.0 Å². The molecule has 6 nitrogen and oxygen atoms in total. The van der Waals surface area contributed by atoms with E-state index >= 15 is 0 Å². The van der Waals surface area contributed by atoms with Gasteiger partial charge in [0, 0.05) is 36.4 Å². The van der Waals surface area contributed by atoms with E-state index in [9.17, 15) is 4.79 Å². The number of aryl methyl sites for hydroxylation is 1. The zero-order valence-corrected chi connectivity index (χ0v) is 14.4. The molecular weight excluding hydrogens is 330 g/mol. The lowest BCUT2D eigenvalue weighted by Gasteiger charge is -2.13. The number of nitrogens with zero attached hydrogens (tertiary/aromatic N) is 2. The van der Waals surface area contributed by atoms with Crippen LogP contribution in [0, 0.1) is 6.92 Å². The van der Waals surface area contributed by atoms with Crippen LogP contribution in [0.4, 0.5) is 5.69 Å². The van der Waals surface area contributed by atoms with Crippen molar-refractivity contribution in [1.29, 1.82) is 0 Å². The molecule has 2 aromatic heterocycles. The van der Waals surface area contributed by atoms with E-state index in [4.69, 9.17) is 9.47 Å². The van der Waals surface area contributed by atoms with Crippen LogP contribution in [0.2, 0.25) is 0 Å². The zero-order chi connectivity index (χ0) is 17.9. The summed E-state index contributed by atoms with van der Waals surface area (Å²) in [5, 5.41) is 3.28. The van der Waals surface area contributed by atoms with Gasteiger partial charge in [0.2, 0.25) is 6.79 Å². The van der Waals surface area contributed by atoms with Crippen LogP contribution in [0.3, 0.4) is 0 Å². The van der Waals surface area contributed by atoms with E-state index < -0.39 is 0 Å². The van der Waals surface area contributed by atoms with Gasteiger partial charge in [-0.1, -0.05) is 12.1 Å². The molecule has 0 atom stereocenters. The summed E-state index contributed by atoms with van der Waals surface area (Å²) in [6.07, 6.45) is 3.55. The number of hydrogen-bond donors (Lipinski definition) is 1. The van der Waals surface area contributed by atoms with Crippen LogP contribution in [-0.2, 0) is 13.1 Å². The van der Waals surface area contributed by atoms with Crippen molar-refractivity contribution in [1.82, 2.24) is 9.55 Å². The van der Waals surface area contributed by atoms with Crippen molar-refractivity contribution in [2.45, 2.75) is 20.0 Å². The molecule has 1 aliphatic rings. The fourth-order valence-corrected chi connectivity index (χ4v) is 2.96. The maximum atomic E-state index is 12.6. The second kappa shape index (κ2) is 6.92. The van der Waals surface area contributed by atoms with E-state index in [-0.39, 0.29) is 12.4 Å². The standard InChI is InChI=1S/C20H19N3O3/c1-14-7-17(22-11-16-3-2-6-21-10-16)9-20(24)23(14)12-15-4-5-18-19(8-15)26-13-25-18/h2-10,22H,11-13H2,1H3. The van der Waals surface area contributed by atoms with Crippen molar-refractivity contribution in [2.75, 3.05) is 12.1 Å². The lowest BCUT2D eigenvalue weighted by molar-refractivity contribution is 0.174. The minimum absolute atomic E-state index is 0.0450. The molecule has 0 bridgehead atoms. The van der Waals surface area contributed by atoms with Gasteiger partial charge in [0.25, 0.3) is 5.56 Å². The highest BCUT2D eigenvalue weighted by Crippen LogP contribution is 2.32. The Morgan fingerprint density at radius 1 is 1.12 bits per heavy atom. The molecule has 132 valence electrons. The van der Waals surface area contributed by atoms with Crippen LogP contribution in [0.1, 0.15) is 16.8 Å². The molecular formula is C20H19N3O3. The van der Waals surface area contributed by atoms with Gasteiger partial charge in [0.1, 0.15) is 0 Å². The van der Waals surface area contributed by atoms with Crippen LogP contribution in [0.15, 0.2) is 59.7 Å². The van der Waals surface area contributed by atoms with Crippen molar-refractivity contribution in [3.05, 3.63) is 82.0 Å².